The first-order valence-corrected chi connectivity index (χ1v) is 10.7. The van der Waals surface area contributed by atoms with Gasteiger partial charge in [0.15, 0.2) is 30.6 Å². The summed E-state index contributed by atoms with van der Waals surface area (Å²) in [6.07, 6.45) is -9.67. The normalized spacial score (nSPS) is 27.3. The fraction of sp³-hybridized carbons (Fsp3) is 0.722. The molecule has 1 heterocycles. The zero-order valence-corrected chi connectivity index (χ0v) is 19.7. The van der Waals surface area contributed by atoms with E-state index < -0.39 is 72.5 Å². The molecule has 0 spiro atoms. The highest BCUT2D eigenvalue weighted by Gasteiger charge is 2.56. The maximum Gasteiger partial charge on any atom is 0.338 e. The number of rotatable bonds is 8. The fourth-order valence-electron chi connectivity index (χ4n) is 3.14. The van der Waals surface area contributed by atoms with Crippen LogP contribution in [-0.2, 0) is 47.7 Å². The quantitative estimate of drug-likeness (QED) is 0.186. The number of carbonyl (C=O) groups excluding carboxylic acids is 5. The van der Waals surface area contributed by atoms with Crippen LogP contribution in [-0.4, -0.2) is 84.1 Å². The molecule has 0 aromatic heterocycles. The Bertz CT molecular complexity index is 687. The van der Waals surface area contributed by atoms with E-state index in [-0.39, 0.29) is 4.43 Å². The summed E-state index contributed by atoms with van der Waals surface area (Å²) in [6, 6.07) is -1.39. The van der Waals surface area contributed by atoms with Crippen molar-refractivity contribution < 1.29 is 52.0 Å². The summed E-state index contributed by atoms with van der Waals surface area (Å²) in [5.74, 6) is -4.13. The Kier molecular flexibility index (Phi) is 10.6. The van der Waals surface area contributed by atoms with Crippen LogP contribution in [0.4, 0.5) is 4.39 Å². The van der Waals surface area contributed by atoms with Crippen molar-refractivity contribution in [2.75, 3.05) is 11.5 Å². The molecule has 11 nitrogen and oxygen atoms in total. The lowest BCUT2D eigenvalue weighted by Crippen LogP contribution is -2.69. The maximum atomic E-state index is 15.2. The van der Waals surface area contributed by atoms with Gasteiger partial charge in [-0.3, -0.25) is 19.2 Å². The van der Waals surface area contributed by atoms with Crippen molar-refractivity contribution in [3.63, 3.8) is 0 Å². The number of methoxy groups -OCH3 is 1. The molecule has 13 heteroatoms. The predicted octanol–water partition coefficient (Wildman–Crippen LogP) is -0.000300. The van der Waals surface area contributed by atoms with Crippen molar-refractivity contribution in [1.82, 2.24) is 5.32 Å². The molecule has 1 unspecified atom stereocenters. The molecule has 1 N–H and O–H groups in total. The number of hydrogen-bond donors (Lipinski definition) is 1. The SMILES string of the molecule is COC(=O)C1O[C@@H]([C@H](OC(C)=O)[C@@H](CI)OC(C)=O)[C@H](NC(C)=O)[C@@H](OC(C)=O)[C@@H]1F. The van der Waals surface area contributed by atoms with Gasteiger partial charge in [-0.1, -0.05) is 22.6 Å². The van der Waals surface area contributed by atoms with Crippen molar-refractivity contribution >= 4 is 52.4 Å². The number of hydrogen-bond acceptors (Lipinski definition) is 10. The smallest absolute Gasteiger partial charge is 0.338 e. The minimum atomic E-state index is -2.21. The van der Waals surface area contributed by atoms with E-state index in [1.807, 2.05) is 22.6 Å². The monoisotopic (exact) mass is 561 g/mol. The lowest BCUT2D eigenvalue weighted by molar-refractivity contribution is -0.228. The van der Waals surface area contributed by atoms with Crippen LogP contribution in [0.3, 0.4) is 0 Å². The Balaban J connectivity index is 3.56. The summed E-state index contributed by atoms with van der Waals surface area (Å²) >= 11 is 1.87. The maximum absolute atomic E-state index is 15.2. The van der Waals surface area contributed by atoms with Gasteiger partial charge in [-0.2, -0.15) is 0 Å². The molecule has 31 heavy (non-hydrogen) atoms. The first-order chi connectivity index (χ1) is 14.4. The van der Waals surface area contributed by atoms with Gasteiger partial charge in [0.05, 0.1) is 13.2 Å². The topological polar surface area (TPSA) is 144 Å². The summed E-state index contributed by atoms with van der Waals surface area (Å²) in [4.78, 5) is 58.9. The number of amides is 1. The molecule has 0 aromatic rings. The first kappa shape index (κ1) is 27.0. The second-order valence-electron chi connectivity index (χ2n) is 6.67. The largest absolute Gasteiger partial charge is 0.467 e. The molecule has 1 aliphatic heterocycles. The highest BCUT2D eigenvalue weighted by Crippen LogP contribution is 2.31. The molecule has 7 atom stereocenters. The Hall–Kier alpha value is -2.03. The zero-order chi connectivity index (χ0) is 23.9. The Morgan fingerprint density at radius 2 is 1.61 bits per heavy atom. The highest BCUT2D eigenvalue weighted by molar-refractivity contribution is 14.1. The minimum Gasteiger partial charge on any atom is -0.467 e. The molecule has 0 bridgehead atoms. The standard InChI is InChI=1S/C18H25FINO10/c1-7(22)21-13-15(30-10(4)25)12(19)16(18(26)27-5)31-17(13)14(29-9(3)24)11(6-20)28-8(2)23/h11-17H,6H2,1-5H3,(H,21,22)/t11-,12+,13-,14-,15+,16?,17-/m1/s1. The summed E-state index contributed by atoms with van der Waals surface area (Å²) in [5, 5.41) is 2.41. The second-order valence-corrected chi connectivity index (χ2v) is 7.55. The number of nitrogens with one attached hydrogen (secondary N) is 1. The number of halogens is 2. The fourth-order valence-corrected chi connectivity index (χ4v) is 3.83. The van der Waals surface area contributed by atoms with E-state index in [0.717, 1.165) is 34.8 Å². The van der Waals surface area contributed by atoms with Crippen LogP contribution in [0.15, 0.2) is 0 Å². The highest BCUT2D eigenvalue weighted by atomic mass is 127. The van der Waals surface area contributed by atoms with Gasteiger partial charge in [0.1, 0.15) is 6.10 Å². The number of alkyl halides is 2. The molecular formula is C18H25FINO10. The molecule has 1 aliphatic rings. The van der Waals surface area contributed by atoms with Crippen LogP contribution in [0.5, 0.6) is 0 Å². The van der Waals surface area contributed by atoms with Crippen molar-refractivity contribution in [3.05, 3.63) is 0 Å². The van der Waals surface area contributed by atoms with Crippen molar-refractivity contribution in [2.45, 2.75) is 70.4 Å². The zero-order valence-electron chi connectivity index (χ0n) is 17.6. The summed E-state index contributed by atoms with van der Waals surface area (Å²) in [7, 11) is 1.00. The van der Waals surface area contributed by atoms with E-state index in [4.69, 9.17) is 18.9 Å². The van der Waals surface area contributed by atoms with E-state index in [1.165, 1.54) is 0 Å². The van der Waals surface area contributed by atoms with Crippen molar-refractivity contribution in [2.24, 2.45) is 0 Å². The minimum absolute atomic E-state index is 0.113. The first-order valence-electron chi connectivity index (χ1n) is 9.14. The van der Waals surface area contributed by atoms with E-state index >= 15 is 4.39 Å². The molecule has 1 rings (SSSR count). The third kappa shape index (κ3) is 7.55. The molecule has 176 valence electrons. The molecule has 1 saturated heterocycles. The van der Waals surface area contributed by atoms with E-state index in [0.29, 0.717) is 0 Å². The summed E-state index contributed by atoms with van der Waals surface area (Å²) < 4.78 is 41.0. The lowest BCUT2D eigenvalue weighted by atomic mass is 9.88. The second kappa shape index (κ2) is 12.1. The van der Waals surface area contributed by atoms with Crippen LogP contribution in [0.1, 0.15) is 27.7 Å². The van der Waals surface area contributed by atoms with Crippen LogP contribution in [0.25, 0.3) is 0 Å². The van der Waals surface area contributed by atoms with Gasteiger partial charge in [0.25, 0.3) is 0 Å². The van der Waals surface area contributed by atoms with Crippen molar-refractivity contribution in [3.8, 4) is 0 Å². The third-order valence-electron chi connectivity index (χ3n) is 4.18. The Morgan fingerprint density at radius 3 is 2.03 bits per heavy atom. The lowest BCUT2D eigenvalue weighted by Gasteiger charge is -2.45. The molecule has 1 amide bonds. The van der Waals surface area contributed by atoms with Gasteiger partial charge in [0, 0.05) is 32.1 Å². The van der Waals surface area contributed by atoms with Gasteiger partial charge in [-0.25, -0.2) is 9.18 Å². The van der Waals surface area contributed by atoms with E-state index in [9.17, 15) is 24.0 Å². The average Bonchev–Trinajstić information content (AvgIpc) is 2.66. The molecule has 0 radical (unpaired) electrons. The molecular weight excluding hydrogens is 536 g/mol. The van der Waals surface area contributed by atoms with E-state index in [2.05, 4.69) is 10.1 Å². The molecule has 0 aromatic carbocycles. The number of carbonyl (C=O) groups is 5. The van der Waals surface area contributed by atoms with Gasteiger partial charge < -0.3 is 29.0 Å². The Labute approximate surface area is 191 Å². The van der Waals surface area contributed by atoms with Crippen LogP contribution >= 0.6 is 22.6 Å². The predicted molar refractivity (Wildman–Crippen MR) is 109 cm³/mol. The van der Waals surface area contributed by atoms with Gasteiger partial charge >= 0.3 is 23.9 Å². The molecule has 0 aliphatic carbocycles. The van der Waals surface area contributed by atoms with Gasteiger partial charge in [-0.15, -0.1) is 0 Å². The summed E-state index contributed by atoms with van der Waals surface area (Å²) in [5.41, 5.74) is 0. The van der Waals surface area contributed by atoms with Crippen LogP contribution < -0.4 is 5.32 Å². The average molecular weight is 561 g/mol. The van der Waals surface area contributed by atoms with Crippen molar-refractivity contribution in [1.29, 1.82) is 0 Å². The number of esters is 4. The number of ether oxygens (including phenoxy) is 5. The van der Waals surface area contributed by atoms with Crippen LogP contribution in [0, 0.1) is 0 Å². The Morgan fingerprint density at radius 1 is 1.03 bits per heavy atom. The summed E-state index contributed by atoms with van der Waals surface area (Å²) in [6.45, 7) is 4.36. The van der Waals surface area contributed by atoms with Gasteiger partial charge in [-0.05, 0) is 0 Å². The van der Waals surface area contributed by atoms with Crippen LogP contribution in [0.2, 0.25) is 0 Å². The third-order valence-corrected chi connectivity index (χ3v) is 5.05. The molecule has 0 saturated carbocycles. The van der Waals surface area contributed by atoms with E-state index in [1.54, 1.807) is 0 Å². The van der Waals surface area contributed by atoms with Gasteiger partial charge in [0.2, 0.25) is 5.91 Å². The molecule has 1 fully saturated rings.